The van der Waals surface area contributed by atoms with Gasteiger partial charge in [-0.05, 0) is 47.4 Å². The van der Waals surface area contributed by atoms with Crippen LogP contribution in [0.4, 0.5) is 16.3 Å². The van der Waals surface area contributed by atoms with Gasteiger partial charge in [0.15, 0.2) is 5.82 Å². The second kappa shape index (κ2) is 13.6. The lowest BCUT2D eigenvalue weighted by molar-refractivity contribution is 0.135. The molecule has 0 fully saturated rings. The van der Waals surface area contributed by atoms with E-state index < -0.39 is 16.1 Å². The number of ether oxygens (including phenoxy) is 4. The fraction of sp³-hybridized carbons (Fsp3) is 0.233. The number of halogens is 1. The summed E-state index contributed by atoms with van der Waals surface area (Å²) in [6.07, 6.45) is 0.432. The summed E-state index contributed by atoms with van der Waals surface area (Å²) in [7, 11) is -2.63. The number of nitrogens with one attached hydrogen (secondary N) is 2. The summed E-state index contributed by atoms with van der Waals surface area (Å²) in [5.41, 5.74) is 1.39. The summed E-state index contributed by atoms with van der Waals surface area (Å²) in [4.78, 5) is 20.3. The maximum atomic E-state index is 13.4. The van der Waals surface area contributed by atoms with Crippen molar-refractivity contribution in [3.05, 3.63) is 89.7 Å². The number of carbonyl (C=O) groups excluding carboxylic acids is 1. The van der Waals surface area contributed by atoms with Crippen LogP contribution in [0.2, 0.25) is 5.02 Å². The SMILES string of the molecule is COc1ccc(Cl)c(Oc2c(NS(=O)(=O)c3ccc(C(C)(C)C)cc3)ncnc2OCCOC(=O)Nc2ccccc2)c1. The molecule has 0 aliphatic rings. The Morgan fingerprint density at radius 2 is 1.67 bits per heavy atom. The molecular formula is C30H31ClN4O7S. The van der Waals surface area contributed by atoms with E-state index >= 15 is 0 Å². The Bertz CT molecular complexity index is 1660. The van der Waals surface area contributed by atoms with Crippen molar-refractivity contribution in [2.24, 2.45) is 0 Å². The predicted octanol–water partition coefficient (Wildman–Crippen LogP) is 6.66. The summed E-state index contributed by atoms with van der Waals surface area (Å²) >= 11 is 6.35. The molecule has 0 unspecified atom stereocenters. The third-order valence-corrected chi connectivity index (χ3v) is 7.63. The number of amides is 1. The molecule has 0 aliphatic carbocycles. The minimum Gasteiger partial charge on any atom is -0.497 e. The minimum atomic E-state index is -4.11. The van der Waals surface area contributed by atoms with Crippen molar-refractivity contribution in [2.45, 2.75) is 31.1 Å². The summed E-state index contributed by atoms with van der Waals surface area (Å²) in [5.74, 6) is 0.0845. The number of carbonyl (C=O) groups is 1. The highest BCUT2D eigenvalue weighted by Gasteiger charge is 2.24. The molecule has 0 saturated heterocycles. The molecule has 11 nitrogen and oxygen atoms in total. The van der Waals surface area contributed by atoms with Gasteiger partial charge < -0.3 is 18.9 Å². The van der Waals surface area contributed by atoms with Crippen molar-refractivity contribution in [1.82, 2.24) is 9.97 Å². The minimum absolute atomic E-state index is 0.0183. The predicted molar refractivity (Wildman–Crippen MR) is 163 cm³/mol. The molecule has 1 aromatic heterocycles. The topological polar surface area (TPSA) is 138 Å². The number of nitrogens with zero attached hydrogens (tertiary/aromatic N) is 2. The van der Waals surface area contributed by atoms with E-state index in [9.17, 15) is 13.2 Å². The third-order valence-electron chi connectivity index (χ3n) is 5.96. The number of methoxy groups -OCH3 is 1. The molecule has 0 bridgehead atoms. The number of aromatic nitrogens is 2. The van der Waals surface area contributed by atoms with Crippen LogP contribution in [0.15, 0.2) is 84.0 Å². The first-order valence-corrected chi connectivity index (χ1v) is 14.9. The molecule has 4 aromatic rings. The molecule has 0 atom stereocenters. The molecular weight excluding hydrogens is 596 g/mol. The van der Waals surface area contributed by atoms with E-state index in [0.717, 1.165) is 11.9 Å². The van der Waals surface area contributed by atoms with E-state index in [1.165, 1.54) is 25.3 Å². The molecule has 3 aromatic carbocycles. The van der Waals surface area contributed by atoms with Gasteiger partial charge in [-0.2, -0.15) is 4.98 Å². The zero-order valence-electron chi connectivity index (χ0n) is 24.0. The van der Waals surface area contributed by atoms with Gasteiger partial charge in [0, 0.05) is 11.8 Å². The van der Waals surface area contributed by atoms with Crippen molar-refractivity contribution >= 4 is 39.2 Å². The Morgan fingerprint density at radius 1 is 0.953 bits per heavy atom. The van der Waals surface area contributed by atoms with E-state index in [0.29, 0.717) is 11.4 Å². The second-order valence-corrected chi connectivity index (χ2v) is 12.2. The van der Waals surface area contributed by atoms with Crippen LogP contribution < -0.4 is 24.2 Å². The van der Waals surface area contributed by atoms with Gasteiger partial charge in [0.25, 0.3) is 15.9 Å². The van der Waals surface area contributed by atoms with Gasteiger partial charge >= 0.3 is 6.09 Å². The lowest BCUT2D eigenvalue weighted by Gasteiger charge is -2.19. The van der Waals surface area contributed by atoms with Crippen LogP contribution >= 0.6 is 11.6 Å². The summed E-state index contributed by atoms with van der Waals surface area (Å²) in [6.45, 7) is 5.81. The summed E-state index contributed by atoms with van der Waals surface area (Å²) < 4.78 is 51.3. The number of rotatable bonds is 11. The first-order chi connectivity index (χ1) is 20.5. The van der Waals surface area contributed by atoms with Crippen LogP contribution in [0.1, 0.15) is 26.3 Å². The fourth-order valence-corrected chi connectivity index (χ4v) is 4.86. The molecule has 226 valence electrons. The first kappa shape index (κ1) is 31.4. The molecule has 4 rings (SSSR count). The second-order valence-electron chi connectivity index (χ2n) is 10.1. The van der Waals surface area contributed by atoms with Crippen molar-refractivity contribution in [1.29, 1.82) is 0 Å². The Balaban J connectivity index is 1.57. The van der Waals surface area contributed by atoms with Crippen LogP contribution in [0.5, 0.6) is 23.1 Å². The van der Waals surface area contributed by atoms with Crippen LogP contribution in [0.3, 0.4) is 0 Å². The average molecular weight is 627 g/mol. The van der Waals surface area contributed by atoms with Crippen LogP contribution in [0, 0.1) is 0 Å². The Kier molecular flexibility index (Phi) is 9.94. The number of hydrogen-bond acceptors (Lipinski definition) is 9. The third kappa shape index (κ3) is 8.49. The van der Waals surface area contributed by atoms with Crippen molar-refractivity contribution in [3.8, 4) is 23.1 Å². The van der Waals surface area contributed by atoms with E-state index in [1.807, 2.05) is 26.8 Å². The Morgan fingerprint density at radius 3 is 2.35 bits per heavy atom. The summed E-state index contributed by atoms with van der Waals surface area (Å²) in [5, 5.41) is 2.80. The van der Waals surface area contributed by atoms with E-state index in [-0.39, 0.29) is 51.7 Å². The fourth-order valence-electron chi connectivity index (χ4n) is 3.69. The molecule has 13 heteroatoms. The van der Waals surface area contributed by atoms with Gasteiger partial charge in [-0.25, -0.2) is 18.2 Å². The molecule has 0 spiro atoms. The van der Waals surface area contributed by atoms with Crippen molar-refractivity contribution < 1.29 is 32.2 Å². The van der Waals surface area contributed by atoms with Gasteiger partial charge in [-0.3, -0.25) is 10.0 Å². The average Bonchev–Trinajstić information content (AvgIpc) is 2.97. The maximum Gasteiger partial charge on any atom is 0.411 e. The molecule has 1 amide bonds. The standard InChI is InChI=1S/C30H31ClN4O7S/c1-30(2,3)20-10-13-23(14-11-20)43(37,38)35-27-26(42-25-18-22(39-4)12-15-24(25)31)28(33-19-32-27)40-16-17-41-29(36)34-21-8-6-5-7-9-21/h5-15,18-19H,16-17H2,1-4H3,(H,34,36)(H,32,33,35). The van der Waals surface area contributed by atoms with Gasteiger partial charge in [-0.1, -0.05) is 62.7 Å². The zero-order chi connectivity index (χ0) is 31.0. The lowest BCUT2D eigenvalue weighted by atomic mass is 9.87. The molecule has 0 aliphatic heterocycles. The molecule has 0 saturated carbocycles. The van der Waals surface area contributed by atoms with E-state index in [2.05, 4.69) is 20.0 Å². The van der Waals surface area contributed by atoms with Crippen LogP contribution in [-0.2, 0) is 20.2 Å². The molecule has 43 heavy (non-hydrogen) atoms. The number of para-hydroxylation sites is 1. The van der Waals surface area contributed by atoms with Gasteiger partial charge in [-0.15, -0.1) is 0 Å². The lowest BCUT2D eigenvalue weighted by Crippen LogP contribution is -2.18. The smallest absolute Gasteiger partial charge is 0.411 e. The number of anilines is 2. The van der Waals surface area contributed by atoms with E-state index in [4.69, 9.17) is 30.5 Å². The first-order valence-electron chi connectivity index (χ1n) is 13.1. The Hall–Kier alpha value is -4.55. The van der Waals surface area contributed by atoms with Gasteiger partial charge in [0.2, 0.25) is 5.75 Å². The summed E-state index contributed by atoms with van der Waals surface area (Å²) in [6, 6.07) is 20.0. The van der Waals surface area contributed by atoms with Gasteiger partial charge in [0.05, 0.1) is 17.0 Å². The highest BCUT2D eigenvalue weighted by molar-refractivity contribution is 7.92. The quantitative estimate of drug-likeness (QED) is 0.175. The van der Waals surface area contributed by atoms with Gasteiger partial charge in [0.1, 0.15) is 31.0 Å². The zero-order valence-corrected chi connectivity index (χ0v) is 25.5. The molecule has 0 radical (unpaired) electrons. The van der Waals surface area contributed by atoms with E-state index in [1.54, 1.807) is 48.5 Å². The number of sulfonamides is 1. The van der Waals surface area contributed by atoms with Crippen LogP contribution in [0.25, 0.3) is 0 Å². The number of benzene rings is 3. The maximum absolute atomic E-state index is 13.4. The largest absolute Gasteiger partial charge is 0.497 e. The van der Waals surface area contributed by atoms with Crippen LogP contribution in [-0.4, -0.2) is 44.8 Å². The van der Waals surface area contributed by atoms with Crippen molar-refractivity contribution in [2.75, 3.05) is 30.4 Å². The van der Waals surface area contributed by atoms with Crippen molar-refractivity contribution in [3.63, 3.8) is 0 Å². The molecule has 1 heterocycles. The normalized spacial score (nSPS) is 11.4. The molecule has 2 N–H and O–H groups in total. The Labute approximate surface area is 255 Å². The highest BCUT2D eigenvalue weighted by Crippen LogP contribution is 2.40. The highest BCUT2D eigenvalue weighted by atomic mass is 35.5. The number of hydrogen-bond donors (Lipinski definition) is 2. The monoisotopic (exact) mass is 626 g/mol.